The topological polar surface area (TPSA) is 15.3 Å². The Balaban J connectivity index is 2.03. The molecule has 2 heteroatoms. The highest BCUT2D eigenvalue weighted by Gasteiger charge is 2.27. The first kappa shape index (κ1) is 11.0. The van der Waals surface area contributed by atoms with E-state index in [0.717, 1.165) is 18.4 Å². The number of hydrogen-bond donors (Lipinski definition) is 1. The fraction of sp³-hybridized carbons (Fsp3) is 1.00. The maximum absolute atomic E-state index is 3.59. The van der Waals surface area contributed by atoms with Crippen molar-refractivity contribution in [2.75, 3.05) is 27.2 Å². The lowest BCUT2D eigenvalue weighted by molar-refractivity contribution is 0.332. The van der Waals surface area contributed by atoms with E-state index in [1.165, 1.54) is 19.4 Å². The first-order valence-corrected chi connectivity index (χ1v) is 5.47. The average Bonchev–Trinajstić information content (AvgIpc) is 2.80. The number of hydrogen-bond acceptors (Lipinski definition) is 2. The van der Waals surface area contributed by atoms with Crippen LogP contribution >= 0.6 is 0 Å². The molecule has 0 amide bonds. The molecule has 1 N–H and O–H groups in total. The highest BCUT2D eigenvalue weighted by atomic mass is 15.1. The van der Waals surface area contributed by atoms with Gasteiger partial charge in [-0.1, -0.05) is 6.92 Å². The van der Waals surface area contributed by atoms with Crippen LogP contribution in [-0.2, 0) is 0 Å². The van der Waals surface area contributed by atoms with Gasteiger partial charge in [-0.3, -0.25) is 0 Å². The van der Waals surface area contributed by atoms with E-state index in [2.05, 4.69) is 38.2 Å². The minimum absolute atomic E-state index is 0.621. The molecule has 0 bridgehead atoms. The number of rotatable bonds is 6. The molecule has 1 aliphatic rings. The second-order valence-corrected chi connectivity index (χ2v) is 4.89. The smallest absolute Gasteiger partial charge is 0.0166 e. The van der Waals surface area contributed by atoms with Gasteiger partial charge in [-0.05, 0) is 52.2 Å². The molecule has 2 atom stereocenters. The molecule has 0 radical (unpaired) electrons. The molecule has 0 spiro atoms. The van der Waals surface area contributed by atoms with Crippen molar-refractivity contribution in [2.45, 2.75) is 32.7 Å². The second kappa shape index (κ2) is 4.97. The zero-order valence-corrected chi connectivity index (χ0v) is 9.51. The molecule has 1 rings (SSSR count). The minimum atomic E-state index is 0.621. The van der Waals surface area contributed by atoms with Gasteiger partial charge in [0, 0.05) is 12.6 Å². The Morgan fingerprint density at radius 3 is 2.38 bits per heavy atom. The maximum atomic E-state index is 3.59. The van der Waals surface area contributed by atoms with E-state index < -0.39 is 0 Å². The summed E-state index contributed by atoms with van der Waals surface area (Å²) >= 11 is 0. The Labute approximate surface area is 82.7 Å². The van der Waals surface area contributed by atoms with Gasteiger partial charge in [0.1, 0.15) is 0 Å². The normalized spacial score (nSPS) is 21.9. The Morgan fingerprint density at radius 1 is 1.31 bits per heavy atom. The third-order valence-electron chi connectivity index (χ3n) is 2.85. The predicted molar refractivity (Wildman–Crippen MR) is 57.9 cm³/mol. The van der Waals surface area contributed by atoms with Crippen molar-refractivity contribution in [3.05, 3.63) is 0 Å². The van der Waals surface area contributed by atoms with Crippen LogP contribution in [-0.4, -0.2) is 38.1 Å². The van der Waals surface area contributed by atoms with E-state index in [0.29, 0.717) is 6.04 Å². The van der Waals surface area contributed by atoms with Crippen molar-refractivity contribution in [3.8, 4) is 0 Å². The molecule has 0 heterocycles. The second-order valence-electron chi connectivity index (χ2n) is 4.89. The fourth-order valence-electron chi connectivity index (χ4n) is 1.83. The third-order valence-corrected chi connectivity index (χ3v) is 2.85. The fourth-order valence-corrected chi connectivity index (χ4v) is 1.83. The molecule has 1 saturated carbocycles. The lowest BCUT2D eigenvalue weighted by Gasteiger charge is -2.20. The van der Waals surface area contributed by atoms with Crippen LogP contribution < -0.4 is 5.32 Å². The predicted octanol–water partition coefficient (Wildman–Crippen LogP) is 1.57. The number of likely N-dealkylation sites (N-methyl/N-ethyl adjacent to an activating group) is 1. The van der Waals surface area contributed by atoms with Crippen LogP contribution in [0.3, 0.4) is 0 Å². The van der Waals surface area contributed by atoms with E-state index in [4.69, 9.17) is 0 Å². The van der Waals surface area contributed by atoms with Crippen LogP contribution in [0.4, 0.5) is 0 Å². The Hall–Kier alpha value is -0.0800. The molecule has 0 aromatic rings. The summed E-state index contributed by atoms with van der Waals surface area (Å²) in [5.41, 5.74) is 0. The maximum Gasteiger partial charge on any atom is 0.0166 e. The zero-order valence-electron chi connectivity index (χ0n) is 9.51. The summed E-state index contributed by atoms with van der Waals surface area (Å²) < 4.78 is 0. The Kier molecular flexibility index (Phi) is 4.20. The molecule has 1 fully saturated rings. The van der Waals surface area contributed by atoms with Gasteiger partial charge in [0.2, 0.25) is 0 Å². The molecule has 1 aliphatic carbocycles. The highest BCUT2D eigenvalue weighted by Crippen LogP contribution is 2.36. The molecule has 2 unspecified atom stereocenters. The summed E-state index contributed by atoms with van der Waals surface area (Å²) in [6, 6.07) is 0.621. The zero-order chi connectivity index (χ0) is 9.84. The van der Waals surface area contributed by atoms with Gasteiger partial charge in [-0.2, -0.15) is 0 Å². The standard InChI is InChI=1S/C11H24N2/c1-9(11-5-6-11)7-12-10(2)8-13(3)4/h9-12H,5-8H2,1-4H3. The SMILES string of the molecule is CC(CN(C)C)NCC(C)C1CC1. The van der Waals surface area contributed by atoms with Crippen molar-refractivity contribution in [2.24, 2.45) is 11.8 Å². The van der Waals surface area contributed by atoms with Gasteiger partial charge < -0.3 is 10.2 Å². The molecule has 0 saturated heterocycles. The van der Waals surface area contributed by atoms with Crippen LogP contribution in [0.25, 0.3) is 0 Å². The molecule has 78 valence electrons. The Morgan fingerprint density at radius 2 is 1.92 bits per heavy atom. The molecular formula is C11H24N2. The third kappa shape index (κ3) is 4.63. The van der Waals surface area contributed by atoms with Gasteiger partial charge in [-0.15, -0.1) is 0 Å². The number of nitrogens with zero attached hydrogens (tertiary/aromatic N) is 1. The lowest BCUT2D eigenvalue weighted by atomic mass is 10.1. The summed E-state index contributed by atoms with van der Waals surface area (Å²) in [7, 11) is 4.25. The summed E-state index contributed by atoms with van der Waals surface area (Å²) in [4.78, 5) is 2.24. The first-order chi connectivity index (χ1) is 6.09. The molecule has 0 aromatic heterocycles. The summed E-state index contributed by atoms with van der Waals surface area (Å²) in [6.45, 7) is 6.96. The van der Waals surface area contributed by atoms with E-state index in [9.17, 15) is 0 Å². The van der Waals surface area contributed by atoms with Crippen LogP contribution in [0.1, 0.15) is 26.7 Å². The Bertz CT molecular complexity index is 141. The average molecular weight is 184 g/mol. The van der Waals surface area contributed by atoms with Gasteiger partial charge >= 0.3 is 0 Å². The van der Waals surface area contributed by atoms with Crippen LogP contribution in [0.5, 0.6) is 0 Å². The lowest BCUT2D eigenvalue weighted by Crippen LogP contribution is -2.38. The van der Waals surface area contributed by atoms with Gasteiger partial charge in [0.05, 0.1) is 0 Å². The minimum Gasteiger partial charge on any atom is -0.313 e. The highest BCUT2D eigenvalue weighted by molar-refractivity contribution is 4.80. The van der Waals surface area contributed by atoms with Gasteiger partial charge in [0.15, 0.2) is 0 Å². The summed E-state index contributed by atoms with van der Waals surface area (Å²) in [5.74, 6) is 1.91. The van der Waals surface area contributed by atoms with Crippen LogP contribution in [0.15, 0.2) is 0 Å². The quantitative estimate of drug-likeness (QED) is 0.674. The van der Waals surface area contributed by atoms with Crippen molar-refractivity contribution in [1.82, 2.24) is 10.2 Å². The van der Waals surface area contributed by atoms with Crippen molar-refractivity contribution >= 4 is 0 Å². The van der Waals surface area contributed by atoms with Crippen LogP contribution in [0.2, 0.25) is 0 Å². The van der Waals surface area contributed by atoms with Crippen molar-refractivity contribution < 1.29 is 0 Å². The molecule has 0 aromatic carbocycles. The monoisotopic (exact) mass is 184 g/mol. The van der Waals surface area contributed by atoms with E-state index >= 15 is 0 Å². The van der Waals surface area contributed by atoms with E-state index in [1.807, 2.05) is 0 Å². The molecule has 2 nitrogen and oxygen atoms in total. The van der Waals surface area contributed by atoms with Crippen molar-refractivity contribution in [1.29, 1.82) is 0 Å². The molecular weight excluding hydrogens is 160 g/mol. The number of nitrogens with one attached hydrogen (secondary N) is 1. The summed E-state index contributed by atoms with van der Waals surface area (Å²) in [6.07, 6.45) is 2.93. The van der Waals surface area contributed by atoms with Crippen LogP contribution in [0, 0.1) is 11.8 Å². The van der Waals surface area contributed by atoms with Gasteiger partial charge in [0.25, 0.3) is 0 Å². The van der Waals surface area contributed by atoms with E-state index in [1.54, 1.807) is 0 Å². The van der Waals surface area contributed by atoms with E-state index in [-0.39, 0.29) is 0 Å². The first-order valence-electron chi connectivity index (χ1n) is 5.47. The van der Waals surface area contributed by atoms with Gasteiger partial charge in [-0.25, -0.2) is 0 Å². The molecule has 13 heavy (non-hydrogen) atoms. The molecule has 0 aliphatic heterocycles. The van der Waals surface area contributed by atoms with Crippen molar-refractivity contribution in [3.63, 3.8) is 0 Å². The summed E-state index contributed by atoms with van der Waals surface area (Å²) in [5, 5.41) is 3.59. The largest absolute Gasteiger partial charge is 0.313 e.